The Balaban J connectivity index is 3.21. The molecule has 0 fully saturated rings. The van der Waals surface area contributed by atoms with Crippen LogP contribution >= 0.6 is 11.6 Å². The molecule has 1 rings (SSSR count). The van der Waals surface area contributed by atoms with Crippen molar-refractivity contribution in [1.29, 1.82) is 0 Å². The quantitative estimate of drug-likeness (QED) is 0.611. The molecule has 0 aliphatic rings. The molecule has 64 valence electrons. The molecule has 0 unspecified atom stereocenters. The molecule has 0 nitrogen and oxygen atoms in total. The van der Waals surface area contributed by atoms with Gasteiger partial charge in [-0.15, -0.1) is 11.6 Å². The van der Waals surface area contributed by atoms with Gasteiger partial charge in [-0.1, -0.05) is 24.8 Å². The van der Waals surface area contributed by atoms with Crippen molar-refractivity contribution in [2.45, 2.75) is 13.8 Å². The van der Waals surface area contributed by atoms with Gasteiger partial charge in [0.05, 0.1) is 0 Å². The number of benzene rings is 1. The summed E-state index contributed by atoms with van der Waals surface area (Å²) in [6, 6.07) is 6.22. The first-order chi connectivity index (χ1) is 5.66. The Hall–Kier alpha value is -0.750. The van der Waals surface area contributed by atoms with Crippen molar-refractivity contribution in [3.63, 3.8) is 0 Å². The first-order valence-electron chi connectivity index (χ1n) is 3.97. The molecule has 1 heteroatoms. The van der Waals surface area contributed by atoms with E-state index in [1.165, 1.54) is 16.7 Å². The lowest BCUT2D eigenvalue weighted by atomic mass is 9.98. The molecule has 0 aliphatic heterocycles. The summed E-state index contributed by atoms with van der Waals surface area (Å²) in [5.41, 5.74) is 4.72. The van der Waals surface area contributed by atoms with E-state index in [0.29, 0.717) is 5.88 Å². The van der Waals surface area contributed by atoms with Crippen LogP contribution in [0.4, 0.5) is 0 Å². The minimum atomic E-state index is 0.506. The molecule has 0 N–H and O–H groups in total. The highest BCUT2D eigenvalue weighted by atomic mass is 35.5. The standard InChI is InChI=1S/C11H13Cl/c1-8-5-4-6-9(2)11(8)10(3)7-12/h4-6H,3,7H2,1-2H3. The summed E-state index contributed by atoms with van der Waals surface area (Å²) in [5, 5.41) is 0. The number of allylic oxidation sites excluding steroid dienone is 1. The molecule has 0 radical (unpaired) electrons. The summed E-state index contributed by atoms with van der Waals surface area (Å²) in [4.78, 5) is 0. The molecule has 0 aliphatic carbocycles. The summed E-state index contributed by atoms with van der Waals surface area (Å²) in [6.45, 7) is 8.10. The van der Waals surface area contributed by atoms with Crippen molar-refractivity contribution in [3.8, 4) is 0 Å². The summed E-state index contributed by atoms with van der Waals surface area (Å²) in [7, 11) is 0. The van der Waals surface area contributed by atoms with Crippen LogP contribution in [-0.2, 0) is 0 Å². The molecule has 0 amide bonds. The Kier molecular flexibility index (Phi) is 2.93. The lowest BCUT2D eigenvalue weighted by Crippen LogP contribution is -1.92. The second-order valence-corrected chi connectivity index (χ2v) is 3.27. The Labute approximate surface area is 78.9 Å². The van der Waals surface area contributed by atoms with Crippen LogP contribution in [-0.4, -0.2) is 5.88 Å². The molecule has 0 saturated heterocycles. The smallest absolute Gasteiger partial charge is 0.0474 e. The zero-order chi connectivity index (χ0) is 9.14. The third-order valence-electron chi connectivity index (χ3n) is 2.00. The highest BCUT2D eigenvalue weighted by Gasteiger charge is 2.03. The van der Waals surface area contributed by atoms with Gasteiger partial charge in [-0.05, 0) is 36.1 Å². The van der Waals surface area contributed by atoms with Gasteiger partial charge in [0.1, 0.15) is 0 Å². The minimum Gasteiger partial charge on any atom is -0.122 e. The van der Waals surface area contributed by atoms with Crippen molar-refractivity contribution < 1.29 is 0 Å². The fourth-order valence-electron chi connectivity index (χ4n) is 1.44. The average molecular weight is 181 g/mol. The fourth-order valence-corrected chi connectivity index (χ4v) is 1.57. The Morgan fingerprint density at radius 2 is 1.83 bits per heavy atom. The van der Waals surface area contributed by atoms with Crippen molar-refractivity contribution in [3.05, 3.63) is 41.5 Å². The van der Waals surface area contributed by atoms with E-state index in [1.807, 2.05) is 0 Å². The summed E-state index contributed by atoms with van der Waals surface area (Å²) < 4.78 is 0. The third-order valence-corrected chi connectivity index (χ3v) is 2.32. The molecule has 0 heterocycles. The molecule has 0 bridgehead atoms. The lowest BCUT2D eigenvalue weighted by Gasteiger charge is -2.09. The summed E-state index contributed by atoms with van der Waals surface area (Å²) >= 11 is 5.73. The van der Waals surface area contributed by atoms with E-state index in [4.69, 9.17) is 11.6 Å². The number of halogens is 1. The van der Waals surface area contributed by atoms with E-state index in [9.17, 15) is 0 Å². The minimum absolute atomic E-state index is 0.506. The average Bonchev–Trinajstić information content (AvgIpc) is 2.03. The van der Waals surface area contributed by atoms with Gasteiger partial charge >= 0.3 is 0 Å². The molecule has 1 aromatic rings. The number of hydrogen-bond donors (Lipinski definition) is 0. The molecular formula is C11H13Cl. The Bertz CT molecular complexity index is 280. The monoisotopic (exact) mass is 180 g/mol. The molecular weight excluding hydrogens is 168 g/mol. The maximum absolute atomic E-state index is 5.73. The van der Waals surface area contributed by atoms with Gasteiger partial charge in [0.15, 0.2) is 0 Å². The maximum atomic E-state index is 5.73. The second-order valence-electron chi connectivity index (χ2n) is 3.00. The zero-order valence-corrected chi connectivity index (χ0v) is 8.28. The van der Waals surface area contributed by atoms with Gasteiger partial charge in [-0.25, -0.2) is 0 Å². The van der Waals surface area contributed by atoms with E-state index in [0.717, 1.165) is 5.57 Å². The SMILES string of the molecule is C=C(CCl)c1c(C)cccc1C. The Morgan fingerprint density at radius 3 is 2.25 bits per heavy atom. The molecule has 0 aromatic heterocycles. The molecule has 0 atom stereocenters. The van der Waals surface area contributed by atoms with Crippen LogP contribution in [0.1, 0.15) is 16.7 Å². The van der Waals surface area contributed by atoms with Crippen molar-refractivity contribution >= 4 is 17.2 Å². The fraction of sp³-hybridized carbons (Fsp3) is 0.273. The molecule has 0 spiro atoms. The van der Waals surface area contributed by atoms with Gasteiger partial charge in [-0.3, -0.25) is 0 Å². The van der Waals surface area contributed by atoms with Crippen molar-refractivity contribution in [2.75, 3.05) is 5.88 Å². The normalized spacial score (nSPS) is 9.92. The maximum Gasteiger partial charge on any atom is 0.0474 e. The topological polar surface area (TPSA) is 0 Å². The largest absolute Gasteiger partial charge is 0.122 e. The number of hydrogen-bond acceptors (Lipinski definition) is 0. The van der Waals surface area contributed by atoms with Crippen LogP contribution in [0.3, 0.4) is 0 Å². The molecule has 1 aromatic carbocycles. The zero-order valence-electron chi connectivity index (χ0n) is 7.52. The highest BCUT2D eigenvalue weighted by Crippen LogP contribution is 2.21. The van der Waals surface area contributed by atoms with E-state index in [2.05, 4.69) is 38.6 Å². The molecule has 12 heavy (non-hydrogen) atoms. The van der Waals surface area contributed by atoms with E-state index >= 15 is 0 Å². The van der Waals surface area contributed by atoms with Crippen molar-refractivity contribution in [2.24, 2.45) is 0 Å². The predicted octanol–water partition coefficient (Wildman–Crippen LogP) is 3.56. The summed E-state index contributed by atoms with van der Waals surface area (Å²) in [6.07, 6.45) is 0. The number of rotatable bonds is 2. The number of alkyl halides is 1. The van der Waals surface area contributed by atoms with Crippen LogP contribution < -0.4 is 0 Å². The third kappa shape index (κ3) is 1.70. The highest BCUT2D eigenvalue weighted by molar-refractivity contribution is 6.23. The van der Waals surface area contributed by atoms with Gasteiger partial charge in [0, 0.05) is 5.88 Å². The lowest BCUT2D eigenvalue weighted by molar-refractivity contribution is 1.33. The van der Waals surface area contributed by atoms with Crippen LogP contribution in [0.25, 0.3) is 5.57 Å². The van der Waals surface area contributed by atoms with Crippen LogP contribution in [0, 0.1) is 13.8 Å². The van der Waals surface area contributed by atoms with Crippen LogP contribution in [0.15, 0.2) is 24.8 Å². The van der Waals surface area contributed by atoms with Gasteiger partial charge < -0.3 is 0 Å². The predicted molar refractivity (Wildman–Crippen MR) is 55.7 cm³/mol. The van der Waals surface area contributed by atoms with Gasteiger partial charge in [-0.2, -0.15) is 0 Å². The first kappa shape index (κ1) is 9.34. The van der Waals surface area contributed by atoms with Crippen LogP contribution in [0.2, 0.25) is 0 Å². The van der Waals surface area contributed by atoms with Gasteiger partial charge in [0.2, 0.25) is 0 Å². The van der Waals surface area contributed by atoms with Crippen molar-refractivity contribution in [1.82, 2.24) is 0 Å². The number of aryl methyl sites for hydroxylation is 2. The first-order valence-corrected chi connectivity index (χ1v) is 4.50. The van der Waals surface area contributed by atoms with E-state index in [1.54, 1.807) is 0 Å². The van der Waals surface area contributed by atoms with E-state index in [-0.39, 0.29) is 0 Å². The Morgan fingerprint density at radius 1 is 1.33 bits per heavy atom. The summed E-state index contributed by atoms with van der Waals surface area (Å²) in [5.74, 6) is 0.506. The van der Waals surface area contributed by atoms with E-state index < -0.39 is 0 Å². The van der Waals surface area contributed by atoms with Gasteiger partial charge in [0.25, 0.3) is 0 Å². The van der Waals surface area contributed by atoms with Crippen LogP contribution in [0.5, 0.6) is 0 Å². The second kappa shape index (κ2) is 3.77. The molecule has 0 saturated carbocycles.